The molecule has 124 valence electrons. The van der Waals surface area contributed by atoms with Crippen LogP contribution in [-0.2, 0) is 16.0 Å². The molecule has 0 N–H and O–H groups in total. The molecule has 0 aliphatic carbocycles. The van der Waals surface area contributed by atoms with Gasteiger partial charge >= 0.3 is 0 Å². The van der Waals surface area contributed by atoms with Crippen molar-refractivity contribution >= 4 is 17.5 Å². The van der Waals surface area contributed by atoms with E-state index >= 15 is 0 Å². The molecule has 5 nitrogen and oxygen atoms in total. The Morgan fingerprint density at radius 1 is 1.30 bits per heavy atom. The number of carbonyl (C=O) groups is 2. The van der Waals surface area contributed by atoms with Crippen LogP contribution in [0.3, 0.4) is 0 Å². The lowest BCUT2D eigenvalue weighted by molar-refractivity contribution is -0.138. The number of anilines is 1. The summed E-state index contributed by atoms with van der Waals surface area (Å²) >= 11 is 0. The normalized spacial score (nSPS) is 20.7. The number of rotatable bonds is 2. The van der Waals surface area contributed by atoms with E-state index in [-0.39, 0.29) is 23.3 Å². The van der Waals surface area contributed by atoms with Gasteiger partial charge in [0, 0.05) is 31.9 Å². The first-order chi connectivity index (χ1) is 10.9. The lowest BCUT2D eigenvalue weighted by Crippen LogP contribution is -2.48. The number of amides is 2. The third-order valence-electron chi connectivity index (χ3n) is 4.58. The van der Waals surface area contributed by atoms with Gasteiger partial charge in [0.05, 0.1) is 5.69 Å². The molecule has 23 heavy (non-hydrogen) atoms. The molecule has 0 bridgehead atoms. The van der Waals surface area contributed by atoms with Crippen LogP contribution in [0.5, 0.6) is 0 Å². The quantitative estimate of drug-likeness (QED) is 0.842. The van der Waals surface area contributed by atoms with E-state index < -0.39 is 0 Å². The lowest BCUT2D eigenvalue weighted by Gasteiger charge is -2.30. The Kier molecular flexibility index (Phi) is 4.13. The van der Waals surface area contributed by atoms with Crippen molar-refractivity contribution in [2.45, 2.75) is 52.5 Å². The molecule has 1 fully saturated rings. The van der Waals surface area contributed by atoms with Gasteiger partial charge in [0.25, 0.3) is 0 Å². The standard InChI is InChI=1S/C18H25N3O2/c1-18(2,3)11-16(22)20-9-4-5-15(20)17(23)21-10-7-13-12-19-8-6-14(13)21/h6,8,12,15H,4-5,7,9-11H2,1-3H3. The number of hydrogen-bond acceptors (Lipinski definition) is 3. The highest BCUT2D eigenvalue weighted by molar-refractivity contribution is 6.01. The van der Waals surface area contributed by atoms with Crippen molar-refractivity contribution < 1.29 is 9.59 Å². The molecule has 5 heteroatoms. The maximum Gasteiger partial charge on any atom is 0.249 e. The molecule has 2 aliphatic rings. The molecule has 3 heterocycles. The van der Waals surface area contributed by atoms with Crippen molar-refractivity contribution in [3.05, 3.63) is 24.0 Å². The highest BCUT2D eigenvalue weighted by Crippen LogP contribution is 2.31. The Bertz CT molecular complexity index is 621. The number of aromatic nitrogens is 1. The fourth-order valence-corrected chi connectivity index (χ4v) is 3.51. The van der Waals surface area contributed by atoms with Gasteiger partial charge in [-0.25, -0.2) is 0 Å². The molecule has 2 aliphatic heterocycles. The van der Waals surface area contributed by atoms with Gasteiger partial charge in [-0.1, -0.05) is 20.8 Å². The number of nitrogens with zero attached hydrogens (tertiary/aromatic N) is 3. The number of hydrogen-bond donors (Lipinski definition) is 0. The number of likely N-dealkylation sites (tertiary alicyclic amines) is 1. The molecular weight excluding hydrogens is 290 g/mol. The van der Waals surface area contributed by atoms with Crippen LogP contribution < -0.4 is 4.90 Å². The SMILES string of the molecule is CC(C)(C)CC(=O)N1CCCC1C(=O)N1CCc2cnccc21. The van der Waals surface area contributed by atoms with E-state index in [4.69, 9.17) is 0 Å². The summed E-state index contributed by atoms with van der Waals surface area (Å²) in [4.78, 5) is 33.3. The van der Waals surface area contributed by atoms with Crippen molar-refractivity contribution in [1.29, 1.82) is 0 Å². The number of carbonyl (C=O) groups excluding carboxylic acids is 2. The zero-order chi connectivity index (χ0) is 16.6. The van der Waals surface area contributed by atoms with Crippen LogP contribution in [0.4, 0.5) is 5.69 Å². The van der Waals surface area contributed by atoms with Crippen LogP contribution in [0.25, 0.3) is 0 Å². The minimum atomic E-state index is -0.302. The monoisotopic (exact) mass is 315 g/mol. The Hall–Kier alpha value is -1.91. The minimum absolute atomic E-state index is 0.0564. The summed E-state index contributed by atoms with van der Waals surface area (Å²) in [6.07, 6.45) is 6.56. The molecule has 0 saturated carbocycles. The summed E-state index contributed by atoms with van der Waals surface area (Å²) in [6.45, 7) is 7.56. The lowest BCUT2D eigenvalue weighted by atomic mass is 9.91. The van der Waals surface area contributed by atoms with E-state index in [2.05, 4.69) is 25.8 Å². The first-order valence-corrected chi connectivity index (χ1v) is 8.40. The summed E-state index contributed by atoms with van der Waals surface area (Å²) < 4.78 is 0. The molecule has 1 aromatic heterocycles. The Balaban J connectivity index is 1.76. The van der Waals surface area contributed by atoms with E-state index in [0.717, 1.165) is 30.5 Å². The van der Waals surface area contributed by atoms with Crippen molar-refractivity contribution in [1.82, 2.24) is 9.88 Å². The van der Waals surface area contributed by atoms with Crippen molar-refractivity contribution in [3.63, 3.8) is 0 Å². The molecule has 0 aromatic carbocycles. The van der Waals surface area contributed by atoms with E-state index in [1.54, 1.807) is 11.1 Å². The molecule has 3 rings (SSSR count). The van der Waals surface area contributed by atoms with E-state index in [9.17, 15) is 9.59 Å². The summed E-state index contributed by atoms with van der Waals surface area (Å²) in [6, 6.07) is 1.60. The van der Waals surface area contributed by atoms with E-state index in [0.29, 0.717) is 19.5 Å². The van der Waals surface area contributed by atoms with Gasteiger partial charge in [-0.05, 0) is 36.3 Å². The first kappa shape index (κ1) is 16.0. The van der Waals surface area contributed by atoms with Crippen LogP contribution in [0, 0.1) is 5.41 Å². The molecule has 0 spiro atoms. The molecule has 1 unspecified atom stereocenters. The average molecular weight is 315 g/mol. The van der Waals surface area contributed by atoms with E-state index in [1.165, 1.54) is 0 Å². The number of fused-ring (bicyclic) bond motifs is 1. The Labute approximate surface area is 137 Å². The van der Waals surface area contributed by atoms with Gasteiger partial charge in [-0.15, -0.1) is 0 Å². The van der Waals surface area contributed by atoms with Gasteiger partial charge in [0.15, 0.2) is 0 Å². The molecule has 0 radical (unpaired) electrons. The zero-order valence-corrected chi connectivity index (χ0v) is 14.2. The second kappa shape index (κ2) is 5.95. The molecular formula is C18H25N3O2. The van der Waals surface area contributed by atoms with Crippen molar-refractivity contribution in [2.24, 2.45) is 5.41 Å². The fourth-order valence-electron chi connectivity index (χ4n) is 3.51. The Morgan fingerprint density at radius 3 is 2.83 bits per heavy atom. The van der Waals surface area contributed by atoms with Crippen molar-refractivity contribution in [3.8, 4) is 0 Å². The third-order valence-corrected chi connectivity index (χ3v) is 4.58. The van der Waals surface area contributed by atoms with Crippen LogP contribution in [0.2, 0.25) is 0 Å². The van der Waals surface area contributed by atoms with Gasteiger partial charge in [0.1, 0.15) is 6.04 Å². The minimum Gasteiger partial charge on any atom is -0.331 e. The topological polar surface area (TPSA) is 53.5 Å². The predicted octanol–water partition coefficient (Wildman–Crippen LogP) is 2.40. The summed E-state index contributed by atoms with van der Waals surface area (Å²) in [5, 5.41) is 0. The maximum atomic E-state index is 13.0. The summed E-state index contributed by atoms with van der Waals surface area (Å²) in [5.74, 6) is 0.164. The third kappa shape index (κ3) is 3.23. The average Bonchev–Trinajstić information content (AvgIpc) is 3.12. The summed E-state index contributed by atoms with van der Waals surface area (Å²) in [7, 11) is 0. The molecule has 1 saturated heterocycles. The van der Waals surface area contributed by atoms with Crippen LogP contribution in [-0.4, -0.2) is 40.8 Å². The number of pyridine rings is 1. The van der Waals surface area contributed by atoms with Gasteiger partial charge in [-0.2, -0.15) is 0 Å². The highest BCUT2D eigenvalue weighted by Gasteiger charge is 2.39. The van der Waals surface area contributed by atoms with Crippen LogP contribution >= 0.6 is 0 Å². The molecule has 2 amide bonds. The first-order valence-electron chi connectivity index (χ1n) is 8.40. The highest BCUT2D eigenvalue weighted by atomic mass is 16.2. The van der Waals surface area contributed by atoms with Gasteiger partial charge in [-0.3, -0.25) is 14.6 Å². The van der Waals surface area contributed by atoms with Crippen molar-refractivity contribution in [2.75, 3.05) is 18.0 Å². The predicted molar refractivity (Wildman–Crippen MR) is 89.1 cm³/mol. The van der Waals surface area contributed by atoms with Crippen LogP contribution in [0.15, 0.2) is 18.5 Å². The maximum absolute atomic E-state index is 13.0. The van der Waals surface area contributed by atoms with Gasteiger partial charge in [0.2, 0.25) is 11.8 Å². The molecule has 1 atom stereocenters. The Morgan fingerprint density at radius 2 is 2.09 bits per heavy atom. The second-order valence-electron chi connectivity index (χ2n) is 7.73. The smallest absolute Gasteiger partial charge is 0.249 e. The van der Waals surface area contributed by atoms with Gasteiger partial charge < -0.3 is 9.80 Å². The second-order valence-corrected chi connectivity index (χ2v) is 7.73. The zero-order valence-electron chi connectivity index (χ0n) is 14.2. The van der Waals surface area contributed by atoms with E-state index in [1.807, 2.05) is 17.2 Å². The molecule has 1 aromatic rings. The fraction of sp³-hybridized carbons (Fsp3) is 0.611. The largest absolute Gasteiger partial charge is 0.331 e. The summed E-state index contributed by atoms with van der Waals surface area (Å²) in [5.41, 5.74) is 2.02. The van der Waals surface area contributed by atoms with Crippen LogP contribution in [0.1, 0.15) is 45.6 Å².